The molecule has 3 aliphatic rings. The van der Waals surface area contributed by atoms with E-state index >= 15 is 0 Å². The molecule has 4 nitrogen and oxygen atoms in total. The van der Waals surface area contributed by atoms with Crippen molar-refractivity contribution in [3.05, 3.63) is 0 Å². The number of morpholine rings is 1. The molecule has 0 amide bonds. The molecule has 0 spiro atoms. The third-order valence-corrected chi connectivity index (χ3v) is 7.17. The van der Waals surface area contributed by atoms with Crippen LogP contribution < -0.4 is 0 Å². The van der Waals surface area contributed by atoms with Crippen LogP contribution in [0.5, 0.6) is 0 Å². The minimum Gasteiger partial charge on any atom is -0.389 e. The highest BCUT2D eigenvalue weighted by atomic mass is 16.5. The van der Waals surface area contributed by atoms with Gasteiger partial charge in [0.1, 0.15) is 0 Å². The van der Waals surface area contributed by atoms with Crippen molar-refractivity contribution in [2.75, 3.05) is 26.2 Å². The molecule has 23 heavy (non-hydrogen) atoms. The topological polar surface area (TPSA) is 41.9 Å². The van der Waals surface area contributed by atoms with E-state index < -0.39 is 6.10 Å². The molecule has 3 fully saturated rings. The van der Waals surface area contributed by atoms with E-state index in [-0.39, 0.29) is 17.6 Å². The van der Waals surface area contributed by atoms with Crippen LogP contribution in [0.4, 0.5) is 0 Å². The molecule has 1 N–H and O–H groups in total. The van der Waals surface area contributed by atoms with E-state index in [1.165, 1.54) is 19.3 Å². The average Bonchev–Trinajstić information content (AvgIpc) is 2.76. The molecule has 0 radical (unpaired) electrons. The lowest BCUT2D eigenvalue weighted by Crippen LogP contribution is -2.49. The Kier molecular flexibility index (Phi) is 4.83. The van der Waals surface area contributed by atoms with Gasteiger partial charge in [-0.25, -0.2) is 0 Å². The van der Waals surface area contributed by atoms with Gasteiger partial charge in [0, 0.05) is 19.6 Å². The molecule has 4 heteroatoms. The zero-order valence-corrected chi connectivity index (χ0v) is 15.5. The molecule has 0 unspecified atom stereocenters. The SMILES string of the molecule is C[C@@H]1CN(C[C@H](O)CO[C@@H]2C[C@@H]3CC[C@]2(C)C3(C)C)C[C@H](C)O1. The van der Waals surface area contributed by atoms with Crippen molar-refractivity contribution in [2.45, 2.75) is 78.3 Å². The number of nitrogens with zero attached hydrogens (tertiary/aromatic N) is 1. The first kappa shape index (κ1) is 17.7. The van der Waals surface area contributed by atoms with Crippen LogP contribution in [-0.4, -0.2) is 60.7 Å². The second kappa shape index (κ2) is 6.29. The smallest absolute Gasteiger partial charge is 0.0900 e. The van der Waals surface area contributed by atoms with Crippen LogP contribution in [0.15, 0.2) is 0 Å². The van der Waals surface area contributed by atoms with Gasteiger partial charge in [-0.15, -0.1) is 0 Å². The molecule has 0 aromatic heterocycles. The van der Waals surface area contributed by atoms with Crippen molar-refractivity contribution >= 4 is 0 Å². The quantitative estimate of drug-likeness (QED) is 0.844. The van der Waals surface area contributed by atoms with Gasteiger partial charge >= 0.3 is 0 Å². The number of fused-ring (bicyclic) bond motifs is 2. The molecular weight excluding hydrogens is 290 g/mol. The van der Waals surface area contributed by atoms with Crippen LogP contribution in [0.25, 0.3) is 0 Å². The van der Waals surface area contributed by atoms with Gasteiger partial charge in [0.2, 0.25) is 0 Å². The third kappa shape index (κ3) is 3.20. The van der Waals surface area contributed by atoms with Gasteiger partial charge in [0.15, 0.2) is 0 Å². The number of hydrogen-bond acceptors (Lipinski definition) is 4. The predicted molar refractivity (Wildman–Crippen MR) is 91.4 cm³/mol. The van der Waals surface area contributed by atoms with Gasteiger partial charge in [0.05, 0.1) is 31.0 Å². The molecule has 0 aromatic rings. The highest BCUT2D eigenvalue weighted by Crippen LogP contribution is 2.66. The van der Waals surface area contributed by atoms with Crippen molar-refractivity contribution in [3.8, 4) is 0 Å². The highest BCUT2D eigenvalue weighted by molar-refractivity contribution is 5.11. The number of hydrogen-bond donors (Lipinski definition) is 1. The molecular formula is C19H35NO3. The summed E-state index contributed by atoms with van der Waals surface area (Å²) in [7, 11) is 0. The number of rotatable bonds is 5. The molecule has 0 aromatic carbocycles. The summed E-state index contributed by atoms with van der Waals surface area (Å²) in [5.74, 6) is 0.788. The van der Waals surface area contributed by atoms with Crippen molar-refractivity contribution in [1.29, 1.82) is 0 Å². The van der Waals surface area contributed by atoms with E-state index in [1.807, 2.05) is 0 Å². The fraction of sp³-hybridized carbons (Fsp3) is 1.00. The Morgan fingerprint density at radius 2 is 1.87 bits per heavy atom. The Labute approximate surface area is 141 Å². The Morgan fingerprint density at radius 3 is 2.39 bits per heavy atom. The Morgan fingerprint density at radius 1 is 1.22 bits per heavy atom. The highest BCUT2D eigenvalue weighted by Gasteiger charge is 2.61. The summed E-state index contributed by atoms with van der Waals surface area (Å²) in [6.07, 6.45) is 4.18. The van der Waals surface area contributed by atoms with Gasteiger partial charge in [0.25, 0.3) is 0 Å². The van der Waals surface area contributed by atoms with E-state index in [0.717, 1.165) is 19.0 Å². The van der Waals surface area contributed by atoms with Crippen molar-refractivity contribution < 1.29 is 14.6 Å². The summed E-state index contributed by atoms with van der Waals surface area (Å²) >= 11 is 0. The Balaban J connectivity index is 1.48. The van der Waals surface area contributed by atoms with Crippen LogP contribution >= 0.6 is 0 Å². The number of ether oxygens (including phenoxy) is 2. The number of aliphatic hydroxyl groups excluding tert-OH is 1. The number of β-amino-alcohol motifs (C(OH)–C–C–N with tert-alkyl or cyclic N) is 1. The van der Waals surface area contributed by atoms with Gasteiger partial charge in [-0.3, -0.25) is 4.90 Å². The third-order valence-electron chi connectivity index (χ3n) is 7.17. The second-order valence-electron chi connectivity index (χ2n) is 9.06. The van der Waals surface area contributed by atoms with Gasteiger partial charge in [-0.05, 0) is 49.9 Å². The summed E-state index contributed by atoms with van der Waals surface area (Å²) in [6.45, 7) is 14.4. The molecule has 1 heterocycles. The minimum absolute atomic E-state index is 0.247. The maximum absolute atomic E-state index is 10.4. The first-order chi connectivity index (χ1) is 10.7. The lowest BCUT2D eigenvalue weighted by molar-refractivity contribution is -0.0996. The summed E-state index contributed by atoms with van der Waals surface area (Å²) in [5, 5.41) is 10.4. The van der Waals surface area contributed by atoms with Crippen LogP contribution in [-0.2, 0) is 9.47 Å². The summed E-state index contributed by atoms with van der Waals surface area (Å²) < 4.78 is 12.0. The van der Waals surface area contributed by atoms with E-state index in [0.29, 0.717) is 24.7 Å². The Hall–Kier alpha value is -0.160. The zero-order chi connectivity index (χ0) is 16.8. The summed E-state index contributed by atoms with van der Waals surface area (Å²) in [6, 6.07) is 0. The average molecular weight is 325 g/mol. The van der Waals surface area contributed by atoms with Crippen molar-refractivity contribution in [1.82, 2.24) is 4.90 Å². The molecule has 1 saturated heterocycles. The van der Waals surface area contributed by atoms with Crippen LogP contribution in [0.2, 0.25) is 0 Å². The molecule has 134 valence electrons. The zero-order valence-electron chi connectivity index (χ0n) is 15.5. The largest absolute Gasteiger partial charge is 0.389 e. The van der Waals surface area contributed by atoms with Crippen LogP contribution in [0.1, 0.15) is 53.9 Å². The van der Waals surface area contributed by atoms with E-state index in [9.17, 15) is 5.11 Å². The monoisotopic (exact) mass is 325 g/mol. The van der Waals surface area contributed by atoms with Crippen molar-refractivity contribution in [3.63, 3.8) is 0 Å². The van der Waals surface area contributed by atoms with Crippen LogP contribution in [0, 0.1) is 16.7 Å². The summed E-state index contributed by atoms with van der Waals surface area (Å²) in [4.78, 5) is 2.30. The second-order valence-corrected chi connectivity index (χ2v) is 9.06. The summed E-state index contributed by atoms with van der Waals surface area (Å²) in [5.41, 5.74) is 0.650. The van der Waals surface area contributed by atoms with Crippen LogP contribution in [0.3, 0.4) is 0 Å². The number of aliphatic hydroxyl groups is 1. The normalized spacial score (nSPS) is 44.6. The maximum atomic E-state index is 10.4. The predicted octanol–water partition coefficient (Wildman–Crippen LogP) is 2.69. The molecule has 3 rings (SSSR count). The Bertz CT molecular complexity index is 417. The van der Waals surface area contributed by atoms with Gasteiger partial charge < -0.3 is 14.6 Å². The van der Waals surface area contributed by atoms with E-state index in [4.69, 9.17) is 9.47 Å². The van der Waals surface area contributed by atoms with E-state index in [2.05, 4.69) is 39.5 Å². The fourth-order valence-corrected chi connectivity index (χ4v) is 5.39. The van der Waals surface area contributed by atoms with E-state index in [1.54, 1.807) is 0 Å². The molecule has 6 atom stereocenters. The minimum atomic E-state index is -0.404. The standard InChI is InChI=1S/C19H35NO3/c1-13-9-20(10-14(2)23-13)11-16(21)12-22-17-8-15-6-7-19(17,5)18(15,3)4/h13-17,21H,6-12H2,1-5H3/t13-,14+,15-,16-,17+,19-/m0/s1. The first-order valence-electron chi connectivity index (χ1n) is 9.40. The van der Waals surface area contributed by atoms with Gasteiger partial charge in [-0.2, -0.15) is 0 Å². The first-order valence-corrected chi connectivity index (χ1v) is 9.40. The van der Waals surface area contributed by atoms with Crippen molar-refractivity contribution in [2.24, 2.45) is 16.7 Å². The lowest BCUT2D eigenvalue weighted by atomic mass is 9.70. The fourth-order valence-electron chi connectivity index (χ4n) is 5.39. The molecule has 2 saturated carbocycles. The molecule has 2 aliphatic carbocycles. The maximum Gasteiger partial charge on any atom is 0.0900 e. The molecule has 1 aliphatic heterocycles. The lowest BCUT2D eigenvalue weighted by Gasteiger charge is -2.39. The van der Waals surface area contributed by atoms with Gasteiger partial charge in [-0.1, -0.05) is 20.8 Å². The molecule has 2 bridgehead atoms.